The summed E-state index contributed by atoms with van der Waals surface area (Å²) in [6.45, 7) is 1.53. The van der Waals surface area contributed by atoms with Crippen LogP contribution in [0.25, 0.3) is 10.9 Å². The molecule has 24 heavy (non-hydrogen) atoms. The van der Waals surface area contributed by atoms with E-state index in [0.29, 0.717) is 5.56 Å². The van der Waals surface area contributed by atoms with Crippen molar-refractivity contribution in [2.75, 3.05) is 5.73 Å². The third-order valence-corrected chi connectivity index (χ3v) is 4.11. The quantitative estimate of drug-likeness (QED) is 0.428. The number of aromatic nitrogens is 1. The lowest BCUT2D eigenvalue weighted by molar-refractivity contribution is 0.0320. The number of H-pyrrole nitrogens is 1. The Morgan fingerprint density at radius 3 is 2.67 bits per heavy atom. The summed E-state index contributed by atoms with van der Waals surface area (Å²) in [5.41, 5.74) is 7.38. The van der Waals surface area contributed by atoms with E-state index in [1.807, 2.05) is 24.3 Å². The van der Waals surface area contributed by atoms with Gasteiger partial charge in [0.25, 0.3) is 0 Å². The summed E-state index contributed by atoms with van der Waals surface area (Å²) in [6, 6.07) is 12.1. The molecule has 0 amide bonds. The number of anilines is 1. The normalized spacial score (nSPS) is 12.1. The smallest absolute Gasteiger partial charge is 0.341 e. The molecule has 5 nitrogen and oxygen atoms in total. The Balaban J connectivity index is 1.81. The molecule has 0 bridgehead atoms. The molecule has 0 saturated carbocycles. The molecule has 1 unspecified atom stereocenters. The lowest BCUT2D eigenvalue weighted by atomic mass is 10.1. The third-order valence-electron chi connectivity index (χ3n) is 3.78. The van der Waals surface area contributed by atoms with Crippen LogP contribution >= 0.6 is 11.6 Å². The summed E-state index contributed by atoms with van der Waals surface area (Å²) in [6.07, 6.45) is 0.667. The van der Waals surface area contributed by atoms with Crippen LogP contribution in [0, 0.1) is 0 Å². The number of ether oxygens (including phenoxy) is 1. The van der Waals surface area contributed by atoms with Gasteiger partial charge in [0.2, 0.25) is 5.78 Å². The number of benzene rings is 2. The highest BCUT2D eigenvalue weighted by Crippen LogP contribution is 2.24. The lowest BCUT2D eigenvalue weighted by Gasteiger charge is -2.13. The maximum Gasteiger partial charge on any atom is 0.341 e. The number of nitrogens with one attached hydrogen (secondary N) is 1. The second kappa shape index (κ2) is 6.37. The van der Waals surface area contributed by atoms with Gasteiger partial charge in [0.05, 0.1) is 16.3 Å². The number of hydrogen-bond donors (Lipinski definition) is 2. The topological polar surface area (TPSA) is 85.2 Å². The van der Waals surface area contributed by atoms with Crippen molar-refractivity contribution in [3.8, 4) is 0 Å². The van der Waals surface area contributed by atoms with Crippen molar-refractivity contribution in [1.82, 2.24) is 4.98 Å². The molecular weight excluding hydrogens is 328 g/mol. The number of rotatable bonds is 4. The molecule has 0 radical (unpaired) electrons. The van der Waals surface area contributed by atoms with Gasteiger partial charge in [-0.1, -0.05) is 35.9 Å². The molecule has 2 aromatic carbocycles. The number of carbonyl (C=O) groups excluding carboxylic acids is 2. The number of hydrogen-bond acceptors (Lipinski definition) is 4. The van der Waals surface area contributed by atoms with E-state index in [1.54, 1.807) is 18.3 Å². The number of aromatic amines is 1. The molecule has 3 N–H and O–H groups in total. The van der Waals surface area contributed by atoms with Gasteiger partial charge in [-0.05, 0) is 25.1 Å². The Morgan fingerprint density at radius 1 is 1.12 bits per heavy atom. The zero-order chi connectivity index (χ0) is 17.3. The summed E-state index contributed by atoms with van der Waals surface area (Å²) < 4.78 is 5.27. The fraction of sp³-hybridized carbons (Fsp3) is 0.111. The Bertz CT molecular complexity index is 933. The van der Waals surface area contributed by atoms with E-state index in [9.17, 15) is 9.59 Å². The maximum atomic E-state index is 12.6. The predicted octanol–water partition coefficient (Wildman–Crippen LogP) is 3.83. The van der Waals surface area contributed by atoms with Crippen LogP contribution in [-0.2, 0) is 4.74 Å². The molecule has 0 fully saturated rings. The Morgan fingerprint density at radius 2 is 1.88 bits per heavy atom. The minimum Gasteiger partial charge on any atom is -0.451 e. The fourth-order valence-electron chi connectivity index (χ4n) is 2.49. The van der Waals surface area contributed by atoms with E-state index in [-0.39, 0.29) is 22.1 Å². The summed E-state index contributed by atoms with van der Waals surface area (Å²) in [5, 5.41) is 1.05. The minimum absolute atomic E-state index is 0.135. The second-order valence-corrected chi connectivity index (χ2v) is 5.77. The largest absolute Gasteiger partial charge is 0.451 e. The van der Waals surface area contributed by atoms with Gasteiger partial charge >= 0.3 is 5.97 Å². The first-order valence-corrected chi connectivity index (χ1v) is 7.72. The zero-order valence-corrected chi connectivity index (χ0v) is 13.6. The van der Waals surface area contributed by atoms with Gasteiger partial charge in [0.15, 0.2) is 6.10 Å². The van der Waals surface area contributed by atoms with Crippen molar-refractivity contribution in [2.24, 2.45) is 0 Å². The number of nitrogen functional groups attached to an aromatic ring is 1. The lowest BCUT2D eigenvalue weighted by Crippen LogP contribution is -2.24. The van der Waals surface area contributed by atoms with Gasteiger partial charge in [0.1, 0.15) is 0 Å². The van der Waals surface area contributed by atoms with Crippen LogP contribution < -0.4 is 5.73 Å². The molecule has 1 heterocycles. The fourth-order valence-corrected chi connectivity index (χ4v) is 2.66. The van der Waals surface area contributed by atoms with Gasteiger partial charge in [-0.3, -0.25) is 4.79 Å². The standard InChI is InChI=1S/C18H15ClN2O3/c1-10(24-18(23)12-6-4-7-14(19)16(12)20)17(22)13-9-21-15-8-3-2-5-11(13)15/h2-10,21H,20H2,1H3. The minimum atomic E-state index is -0.949. The van der Waals surface area contributed by atoms with Crippen LogP contribution in [0.1, 0.15) is 27.6 Å². The molecule has 6 heteroatoms. The zero-order valence-electron chi connectivity index (χ0n) is 12.9. The van der Waals surface area contributed by atoms with Crippen LogP contribution in [0.2, 0.25) is 5.02 Å². The monoisotopic (exact) mass is 342 g/mol. The molecule has 0 spiro atoms. The van der Waals surface area contributed by atoms with Gasteiger partial charge in [-0.15, -0.1) is 0 Å². The number of halogens is 1. The number of fused-ring (bicyclic) bond motifs is 1. The summed E-state index contributed by atoms with van der Waals surface area (Å²) >= 11 is 5.90. The van der Waals surface area contributed by atoms with E-state index in [4.69, 9.17) is 22.1 Å². The second-order valence-electron chi connectivity index (χ2n) is 5.36. The number of ketones is 1. The predicted molar refractivity (Wildman–Crippen MR) is 93.4 cm³/mol. The maximum absolute atomic E-state index is 12.6. The highest BCUT2D eigenvalue weighted by atomic mass is 35.5. The molecule has 3 aromatic rings. The molecule has 0 aliphatic rings. The third kappa shape index (κ3) is 2.86. The van der Waals surface area contributed by atoms with Crippen molar-refractivity contribution in [3.05, 3.63) is 64.8 Å². The number of nitrogens with two attached hydrogens (primary N) is 1. The van der Waals surface area contributed by atoms with E-state index in [2.05, 4.69) is 4.98 Å². The molecule has 1 aromatic heterocycles. The van der Waals surface area contributed by atoms with E-state index in [1.165, 1.54) is 13.0 Å². The molecule has 1 atom stereocenters. The number of esters is 1. The first kappa shape index (κ1) is 16.1. The van der Waals surface area contributed by atoms with Crippen LogP contribution in [0.15, 0.2) is 48.7 Å². The number of carbonyl (C=O) groups is 2. The average Bonchev–Trinajstić information content (AvgIpc) is 3.00. The number of para-hydroxylation sites is 2. The Kier molecular flexibility index (Phi) is 4.27. The Hall–Kier alpha value is -2.79. The highest BCUT2D eigenvalue weighted by molar-refractivity contribution is 6.33. The number of Topliss-reactive ketones (excluding diaryl/α,β-unsaturated/α-hetero) is 1. The van der Waals surface area contributed by atoms with Crippen molar-refractivity contribution < 1.29 is 14.3 Å². The molecule has 0 aliphatic carbocycles. The van der Waals surface area contributed by atoms with Crippen LogP contribution in [-0.4, -0.2) is 22.8 Å². The van der Waals surface area contributed by atoms with E-state index < -0.39 is 12.1 Å². The average molecular weight is 343 g/mol. The molecule has 0 aliphatic heterocycles. The summed E-state index contributed by atoms with van der Waals surface area (Å²) in [4.78, 5) is 27.9. The highest BCUT2D eigenvalue weighted by Gasteiger charge is 2.24. The van der Waals surface area contributed by atoms with Crippen molar-refractivity contribution in [2.45, 2.75) is 13.0 Å². The molecule has 3 rings (SSSR count). The van der Waals surface area contributed by atoms with Gasteiger partial charge in [0, 0.05) is 22.7 Å². The summed E-state index contributed by atoms with van der Waals surface area (Å²) in [7, 11) is 0. The molecule has 122 valence electrons. The Labute approximate surface area is 143 Å². The van der Waals surface area contributed by atoms with Crippen LogP contribution in [0.5, 0.6) is 0 Å². The molecular formula is C18H15ClN2O3. The van der Waals surface area contributed by atoms with Gasteiger partial charge in [-0.2, -0.15) is 0 Å². The SMILES string of the molecule is CC(OC(=O)c1cccc(Cl)c1N)C(=O)c1c[nH]c2ccccc12. The van der Waals surface area contributed by atoms with Crippen LogP contribution in [0.4, 0.5) is 5.69 Å². The van der Waals surface area contributed by atoms with Gasteiger partial charge < -0.3 is 15.5 Å². The summed E-state index contributed by atoms with van der Waals surface area (Å²) in [5.74, 6) is -0.975. The van der Waals surface area contributed by atoms with Crippen molar-refractivity contribution in [3.63, 3.8) is 0 Å². The van der Waals surface area contributed by atoms with Gasteiger partial charge in [-0.25, -0.2) is 4.79 Å². The first-order chi connectivity index (χ1) is 11.5. The van der Waals surface area contributed by atoms with E-state index >= 15 is 0 Å². The van der Waals surface area contributed by atoms with Crippen molar-refractivity contribution >= 4 is 39.9 Å². The molecule has 0 saturated heterocycles. The first-order valence-electron chi connectivity index (χ1n) is 7.34. The van der Waals surface area contributed by atoms with Crippen LogP contribution in [0.3, 0.4) is 0 Å². The van der Waals surface area contributed by atoms with Crippen molar-refractivity contribution in [1.29, 1.82) is 0 Å². The van der Waals surface area contributed by atoms with E-state index in [0.717, 1.165) is 10.9 Å².